The second-order valence-electron chi connectivity index (χ2n) is 5.98. The van der Waals surface area contributed by atoms with Gasteiger partial charge in [-0.1, -0.05) is 30.3 Å². The molecule has 0 aliphatic rings. The summed E-state index contributed by atoms with van der Waals surface area (Å²) in [6.45, 7) is 3.90. The molecule has 0 radical (unpaired) electrons. The molecule has 0 saturated heterocycles. The standard InChI is InChI=1S/C19H17F3N4/c1-11(2)23-15-10-16(24-14-9-8-13(20)17(21)18(14)22)26-19(25-15)12-6-4-3-5-7-12/h3-11H,1-2H3,(H2,23,24,25,26). The summed E-state index contributed by atoms with van der Waals surface area (Å²) in [4.78, 5) is 8.80. The summed E-state index contributed by atoms with van der Waals surface area (Å²) in [6, 6.07) is 12.9. The van der Waals surface area contributed by atoms with Gasteiger partial charge >= 0.3 is 0 Å². The van der Waals surface area contributed by atoms with E-state index < -0.39 is 17.5 Å². The van der Waals surface area contributed by atoms with E-state index in [1.165, 1.54) is 0 Å². The molecule has 1 aromatic heterocycles. The quantitative estimate of drug-likeness (QED) is 0.621. The van der Waals surface area contributed by atoms with Crippen LogP contribution in [-0.4, -0.2) is 16.0 Å². The molecule has 26 heavy (non-hydrogen) atoms. The van der Waals surface area contributed by atoms with Gasteiger partial charge in [-0.2, -0.15) is 0 Å². The molecule has 2 N–H and O–H groups in total. The average Bonchev–Trinajstić information content (AvgIpc) is 2.62. The molecule has 0 atom stereocenters. The van der Waals surface area contributed by atoms with Gasteiger partial charge in [-0.15, -0.1) is 0 Å². The number of rotatable bonds is 5. The van der Waals surface area contributed by atoms with Crippen LogP contribution >= 0.6 is 0 Å². The summed E-state index contributed by atoms with van der Waals surface area (Å²) in [5.41, 5.74) is 0.561. The molecule has 0 saturated carbocycles. The Morgan fingerprint density at radius 1 is 0.846 bits per heavy atom. The predicted molar refractivity (Wildman–Crippen MR) is 95.8 cm³/mol. The van der Waals surface area contributed by atoms with Crippen molar-refractivity contribution in [2.45, 2.75) is 19.9 Å². The third-order valence-electron chi connectivity index (χ3n) is 3.49. The summed E-state index contributed by atoms with van der Waals surface area (Å²) in [7, 11) is 0. The van der Waals surface area contributed by atoms with E-state index >= 15 is 0 Å². The molecule has 4 nitrogen and oxygen atoms in total. The summed E-state index contributed by atoms with van der Waals surface area (Å²) in [6.07, 6.45) is 0. The lowest BCUT2D eigenvalue weighted by atomic mass is 10.2. The van der Waals surface area contributed by atoms with E-state index in [1.54, 1.807) is 6.07 Å². The van der Waals surface area contributed by atoms with E-state index in [9.17, 15) is 13.2 Å². The highest BCUT2D eigenvalue weighted by atomic mass is 19.2. The van der Waals surface area contributed by atoms with E-state index in [0.29, 0.717) is 11.6 Å². The first-order chi connectivity index (χ1) is 12.4. The van der Waals surface area contributed by atoms with Gasteiger partial charge in [0.1, 0.15) is 11.6 Å². The van der Waals surface area contributed by atoms with E-state index in [0.717, 1.165) is 17.7 Å². The number of hydrogen-bond donors (Lipinski definition) is 2. The van der Waals surface area contributed by atoms with Crippen molar-refractivity contribution in [1.29, 1.82) is 0 Å². The van der Waals surface area contributed by atoms with Crippen LogP contribution in [0.2, 0.25) is 0 Å². The van der Waals surface area contributed by atoms with E-state index in [1.807, 2.05) is 44.2 Å². The SMILES string of the molecule is CC(C)Nc1cc(Nc2ccc(F)c(F)c2F)nc(-c2ccccc2)n1. The van der Waals surface area contributed by atoms with Gasteiger partial charge in [-0.3, -0.25) is 0 Å². The van der Waals surface area contributed by atoms with Crippen LogP contribution in [0.4, 0.5) is 30.5 Å². The van der Waals surface area contributed by atoms with Crippen LogP contribution in [0.25, 0.3) is 11.4 Å². The Morgan fingerprint density at radius 2 is 1.54 bits per heavy atom. The molecule has 0 unspecified atom stereocenters. The summed E-state index contributed by atoms with van der Waals surface area (Å²) in [5, 5.41) is 5.85. The minimum Gasteiger partial charge on any atom is -0.368 e. The first-order valence-corrected chi connectivity index (χ1v) is 8.05. The molecular weight excluding hydrogens is 341 g/mol. The fourth-order valence-electron chi connectivity index (χ4n) is 2.36. The number of aromatic nitrogens is 2. The molecule has 7 heteroatoms. The van der Waals surface area contributed by atoms with Crippen LogP contribution in [0.15, 0.2) is 48.5 Å². The molecule has 0 aliphatic heterocycles. The number of nitrogens with zero attached hydrogens (tertiary/aromatic N) is 2. The Kier molecular flexibility index (Phi) is 5.06. The molecule has 2 aromatic carbocycles. The van der Waals surface area contributed by atoms with Crippen molar-refractivity contribution in [2.75, 3.05) is 10.6 Å². The molecule has 0 fully saturated rings. The Morgan fingerprint density at radius 3 is 2.23 bits per heavy atom. The number of halogens is 3. The maximum atomic E-state index is 13.9. The van der Waals surface area contributed by atoms with Crippen molar-refractivity contribution in [3.8, 4) is 11.4 Å². The van der Waals surface area contributed by atoms with Crippen LogP contribution in [0.5, 0.6) is 0 Å². The second-order valence-corrected chi connectivity index (χ2v) is 5.98. The van der Waals surface area contributed by atoms with Gasteiger partial charge < -0.3 is 10.6 Å². The minimum absolute atomic E-state index is 0.112. The summed E-state index contributed by atoms with van der Waals surface area (Å²) < 4.78 is 40.5. The Bertz CT molecular complexity index is 914. The van der Waals surface area contributed by atoms with E-state index in [4.69, 9.17) is 0 Å². The number of nitrogens with one attached hydrogen (secondary N) is 2. The molecule has 3 aromatic rings. The van der Waals surface area contributed by atoms with Crippen molar-refractivity contribution in [1.82, 2.24) is 9.97 Å². The van der Waals surface area contributed by atoms with Gasteiger partial charge in [0.2, 0.25) is 0 Å². The van der Waals surface area contributed by atoms with Crippen LogP contribution in [-0.2, 0) is 0 Å². The second kappa shape index (κ2) is 7.43. The van der Waals surface area contributed by atoms with Crippen molar-refractivity contribution < 1.29 is 13.2 Å². The lowest BCUT2D eigenvalue weighted by Crippen LogP contribution is -2.12. The van der Waals surface area contributed by atoms with Gasteiger partial charge in [0.15, 0.2) is 23.3 Å². The van der Waals surface area contributed by atoms with Crippen molar-refractivity contribution in [3.63, 3.8) is 0 Å². The highest BCUT2D eigenvalue weighted by molar-refractivity contribution is 5.65. The van der Waals surface area contributed by atoms with Gasteiger partial charge in [0, 0.05) is 17.7 Å². The smallest absolute Gasteiger partial charge is 0.196 e. The third kappa shape index (κ3) is 3.93. The lowest BCUT2D eigenvalue weighted by molar-refractivity contribution is 0.449. The third-order valence-corrected chi connectivity index (χ3v) is 3.49. The van der Waals surface area contributed by atoms with Crippen LogP contribution < -0.4 is 10.6 Å². The van der Waals surface area contributed by atoms with Crippen molar-refractivity contribution in [2.24, 2.45) is 0 Å². The molecule has 0 spiro atoms. The Labute approximate surface area is 149 Å². The number of hydrogen-bond acceptors (Lipinski definition) is 4. The average molecular weight is 358 g/mol. The predicted octanol–water partition coefficient (Wildman–Crippen LogP) is 5.12. The van der Waals surface area contributed by atoms with Crippen LogP contribution in [0, 0.1) is 17.5 Å². The Hall–Kier alpha value is -3.09. The highest BCUT2D eigenvalue weighted by Crippen LogP contribution is 2.26. The summed E-state index contributed by atoms with van der Waals surface area (Å²) in [5.74, 6) is -2.88. The summed E-state index contributed by atoms with van der Waals surface area (Å²) >= 11 is 0. The molecule has 0 amide bonds. The number of anilines is 3. The first-order valence-electron chi connectivity index (χ1n) is 8.05. The van der Waals surface area contributed by atoms with Crippen LogP contribution in [0.1, 0.15) is 13.8 Å². The van der Waals surface area contributed by atoms with Crippen LogP contribution in [0.3, 0.4) is 0 Å². The van der Waals surface area contributed by atoms with Gasteiger partial charge in [0.05, 0.1) is 5.69 Å². The maximum absolute atomic E-state index is 13.9. The minimum atomic E-state index is -1.53. The number of benzene rings is 2. The first kappa shape index (κ1) is 17.7. The fraction of sp³-hybridized carbons (Fsp3) is 0.158. The molecule has 0 bridgehead atoms. The molecule has 1 heterocycles. The van der Waals surface area contributed by atoms with Gasteiger partial charge in [-0.25, -0.2) is 23.1 Å². The van der Waals surface area contributed by atoms with E-state index in [-0.39, 0.29) is 17.5 Å². The monoisotopic (exact) mass is 358 g/mol. The fourth-order valence-corrected chi connectivity index (χ4v) is 2.36. The largest absolute Gasteiger partial charge is 0.368 e. The topological polar surface area (TPSA) is 49.8 Å². The molecular formula is C19H17F3N4. The normalized spacial score (nSPS) is 10.8. The zero-order chi connectivity index (χ0) is 18.7. The molecule has 3 rings (SSSR count). The zero-order valence-corrected chi connectivity index (χ0v) is 14.2. The molecule has 0 aliphatic carbocycles. The highest BCUT2D eigenvalue weighted by Gasteiger charge is 2.15. The maximum Gasteiger partial charge on any atom is 0.196 e. The lowest BCUT2D eigenvalue weighted by Gasteiger charge is -2.14. The van der Waals surface area contributed by atoms with E-state index in [2.05, 4.69) is 20.6 Å². The Balaban J connectivity index is 2.02. The van der Waals surface area contributed by atoms with Gasteiger partial charge in [0.25, 0.3) is 0 Å². The zero-order valence-electron chi connectivity index (χ0n) is 14.2. The molecule has 134 valence electrons. The van der Waals surface area contributed by atoms with Crippen molar-refractivity contribution in [3.05, 3.63) is 66.0 Å². The van der Waals surface area contributed by atoms with Gasteiger partial charge in [-0.05, 0) is 26.0 Å². The van der Waals surface area contributed by atoms with Crippen molar-refractivity contribution >= 4 is 17.3 Å².